The fourth-order valence-corrected chi connectivity index (χ4v) is 5.59. The van der Waals surface area contributed by atoms with Crippen LogP contribution >= 0.6 is 11.3 Å². The van der Waals surface area contributed by atoms with E-state index in [0.29, 0.717) is 0 Å². The van der Waals surface area contributed by atoms with Crippen LogP contribution in [0.4, 0.5) is 0 Å². The largest absolute Gasteiger partial charge is 0.455 e. The summed E-state index contributed by atoms with van der Waals surface area (Å²) in [5, 5.41) is 7.24. The predicted molar refractivity (Wildman–Crippen MR) is 129 cm³/mol. The molecule has 0 fully saturated rings. The van der Waals surface area contributed by atoms with Crippen LogP contribution in [0.25, 0.3) is 52.9 Å². The third-order valence-electron chi connectivity index (χ3n) is 5.61. The van der Waals surface area contributed by atoms with Gasteiger partial charge in [0.1, 0.15) is 11.2 Å². The number of fused-ring (bicyclic) bond motifs is 9. The highest BCUT2D eigenvalue weighted by Gasteiger charge is 2.14. The van der Waals surface area contributed by atoms with Gasteiger partial charge in [0.15, 0.2) is 0 Å². The fraction of sp³-hybridized carbons (Fsp3) is 0.0714. The number of rotatable bonds is 0. The minimum Gasteiger partial charge on any atom is -0.455 e. The second-order valence-corrected chi connectivity index (χ2v) is 8.41. The zero-order valence-electron chi connectivity index (χ0n) is 16.6. The van der Waals surface area contributed by atoms with Crippen molar-refractivity contribution in [2.75, 3.05) is 0 Å². The van der Waals surface area contributed by atoms with Gasteiger partial charge in [-0.3, -0.25) is 0 Å². The van der Waals surface area contributed by atoms with Gasteiger partial charge in [-0.15, -0.1) is 23.2 Å². The average molecular weight is 401 g/mol. The van der Waals surface area contributed by atoms with Gasteiger partial charge in [0, 0.05) is 52.8 Å². The Morgan fingerprint density at radius 2 is 1.20 bits per heavy atom. The van der Waals surface area contributed by atoms with E-state index >= 15 is 0 Å². The monoisotopic (exact) mass is 400 g/mol. The summed E-state index contributed by atoms with van der Waals surface area (Å²) in [5.41, 5.74) is 3.87. The maximum absolute atomic E-state index is 6.35. The highest BCUT2D eigenvalue weighted by atomic mass is 32.1. The van der Waals surface area contributed by atoms with Crippen molar-refractivity contribution in [3.8, 4) is 23.7 Å². The van der Waals surface area contributed by atoms with Crippen LogP contribution in [0.1, 0.15) is 25.0 Å². The average Bonchev–Trinajstić information content (AvgIpc) is 3.31. The van der Waals surface area contributed by atoms with Crippen molar-refractivity contribution in [2.24, 2.45) is 0 Å². The molecule has 0 spiro atoms. The predicted octanol–water partition coefficient (Wildman–Crippen LogP) is 7.85. The lowest BCUT2D eigenvalue weighted by molar-refractivity contribution is 0.672. The van der Waals surface area contributed by atoms with Crippen LogP contribution in [0.5, 0.6) is 0 Å². The van der Waals surface area contributed by atoms with Crippen LogP contribution in [0, 0.1) is 23.7 Å². The first-order valence-electron chi connectivity index (χ1n) is 9.86. The van der Waals surface area contributed by atoms with Crippen molar-refractivity contribution in [1.29, 1.82) is 0 Å². The van der Waals surface area contributed by atoms with Gasteiger partial charge in [-0.05, 0) is 56.3 Å². The van der Waals surface area contributed by atoms with Gasteiger partial charge in [-0.1, -0.05) is 30.0 Å². The van der Waals surface area contributed by atoms with E-state index in [-0.39, 0.29) is 0 Å². The molecule has 0 aliphatic carbocycles. The normalized spacial score (nSPS) is 11.1. The zero-order chi connectivity index (χ0) is 20.2. The molecule has 0 aliphatic rings. The molecule has 0 bridgehead atoms. The van der Waals surface area contributed by atoms with E-state index in [0.717, 1.165) is 38.5 Å². The Kier molecular flexibility index (Phi) is 3.66. The smallest absolute Gasteiger partial charge is 0.143 e. The topological polar surface area (TPSA) is 13.1 Å². The number of hydrogen-bond donors (Lipinski definition) is 0. The van der Waals surface area contributed by atoms with Crippen molar-refractivity contribution in [3.63, 3.8) is 0 Å². The van der Waals surface area contributed by atoms with Crippen LogP contribution in [0.2, 0.25) is 0 Å². The minimum absolute atomic E-state index is 0.886. The van der Waals surface area contributed by atoms with Gasteiger partial charge in [-0.2, -0.15) is 0 Å². The van der Waals surface area contributed by atoms with Crippen molar-refractivity contribution >= 4 is 64.2 Å². The Morgan fingerprint density at radius 3 is 1.93 bits per heavy atom. The molecule has 0 radical (unpaired) electrons. The second kappa shape index (κ2) is 6.39. The number of benzene rings is 4. The van der Waals surface area contributed by atoms with Gasteiger partial charge in [0.05, 0.1) is 0 Å². The molecule has 0 atom stereocenters. The van der Waals surface area contributed by atoms with E-state index in [9.17, 15) is 0 Å². The minimum atomic E-state index is 0.886. The lowest BCUT2D eigenvalue weighted by atomic mass is 10.0. The van der Waals surface area contributed by atoms with Gasteiger partial charge in [-0.25, -0.2) is 0 Å². The van der Waals surface area contributed by atoms with Crippen LogP contribution in [-0.2, 0) is 0 Å². The molecule has 140 valence electrons. The molecule has 0 saturated carbocycles. The van der Waals surface area contributed by atoms with Gasteiger partial charge < -0.3 is 4.42 Å². The van der Waals surface area contributed by atoms with E-state index in [1.54, 1.807) is 0 Å². The summed E-state index contributed by atoms with van der Waals surface area (Å²) in [5.74, 6) is 12.2. The number of furan rings is 1. The van der Waals surface area contributed by atoms with Gasteiger partial charge in [0.2, 0.25) is 0 Å². The highest BCUT2D eigenvalue weighted by molar-refractivity contribution is 7.26. The molecule has 1 nitrogen and oxygen atoms in total. The van der Waals surface area contributed by atoms with Crippen molar-refractivity contribution < 1.29 is 4.42 Å². The number of hydrogen-bond acceptors (Lipinski definition) is 2. The van der Waals surface area contributed by atoms with Gasteiger partial charge >= 0.3 is 0 Å². The molecule has 2 aromatic heterocycles. The van der Waals surface area contributed by atoms with Crippen LogP contribution in [0.15, 0.2) is 65.1 Å². The van der Waals surface area contributed by atoms with E-state index in [2.05, 4.69) is 78.3 Å². The molecule has 4 aromatic carbocycles. The summed E-state index contributed by atoms with van der Waals surface area (Å²) < 4.78 is 8.91. The van der Waals surface area contributed by atoms with E-state index in [4.69, 9.17) is 4.42 Å². The first-order chi connectivity index (χ1) is 14.8. The zero-order valence-corrected chi connectivity index (χ0v) is 17.4. The third kappa shape index (κ3) is 2.38. The Hall–Kier alpha value is -3.72. The Bertz CT molecular complexity index is 1640. The van der Waals surface area contributed by atoms with Crippen LogP contribution in [-0.4, -0.2) is 0 Å². The Balaban J connectivity index is 1.69. The van der Waals surface area contributed by atoms with E-state index < -0.39 is 0 Å². The van der Waals surface area contributed by atoms with Crippen molar-refractivity contribution in [2.45, 2.75) is 13.8 Å². The van der Waals surface area contributed by atoms with Gasteiger partial charge in [0.25, 0.3) is 0 Å². The molecule has 2 heteroatoms. The molecule has 0 aliphatic heterocycles. The number of thiophene rings is 1. The maximum Gasteiger partial charge on any atom is 0.143 e. The molecule has 0 unspecified atom stereocenters. The summed E-state index contributed by atoms with van der Waals surface area (Å²) in [6.07, 6.45) is 0. The van der Waals surface area contributed by atoms with E-state index in [1.807, 2.05) is 31.3 Å². The molecule has 2 heterocycles. The molecule has 0 N–H and O–H groups in total. The highest BCUT2D eigenvalue weighted by Crippen LogP contribution is 2.42. The molecule has 30 heavy (non-hydrogen) atoms. The lowest BCUT2D eigenvalue weighted by Crippen LogP contribution is -1.75. The van der Waals surface area contributed by atoms with E-state index in [1.165, 1.54) is 25.6 Å². The first-order valence-corrected chi connectivity index (χ1v) is 10.7. The fourth-order valence-electron chi connectivity index (χ4n) is 4.32. The molecule has 6 rings (SSSR count). The van der Waals surface area contributed by atoms with Crippen LogP contribution in [0.3, 0.4) is 0 Å². The Morgan fingerprint density at radius 1 is 0.633 bits per heavy atom. The Labute approximate surface area is 177 Å². The summed E-state index contributed by atoms with van der Waals surface area (Å²) in [6.45, 7) is 3.73. The first kappa shape index (κ1) is 17.2. The quantitative estimate of drug-likeness (QED) is 0.237. The molecule has 0 amide bonds. The van der Waals surface area contributed by atoms with Crippen molar-refractivity contribution in [1.82, 2.24) is 0 Å². The SMILES string of the molecule is CC#Cc1ccc2c(c1)oc1c2ccc2c1ccc1c3ccc(C#CC)cc3sc12. The summed E-state index contributed by atoms with van der Waals surface area (Å²) >= 11 is 1.83. The summed E-state index contributed by atoms with van der Waals surface area (Å²) in [4.78, 5) is 0. The summed E-state index contributed by atoms with van der Waals surface area (Å²) in [6, 6.07) is 21.5. The second-order valence-electron chi connectivity index (χ2n) is 7.36. The molecular weight excluding hydrogens is 384 g/mol. The molecular formula is C28H16OS. The maximum atomic E-state index is 6.35. The lowest BCUT2D eigenvalue weighted by Gasteiger charge is -2.01. The molecule has 0 saturated heterocycles. The standard InChI is InChI=1S/C28H16OS/c1-3-5-17-7-9-19-21-11-14-24-22(27(21)29-25(19)15-17)12-13-23-20-10-8-18(6-4-2)16-26(20)30-28(23)24/h7-16H,1-2H3. The summed E-state index contributed by atoms with van der Waals surface area (Å²) in [7, 11) is 0. The van der Waals surface area contributed by atoms with Crippen molar-refractivity contribution in [3.05, 3.63) is 71.8 Å². The molecule has 6 aromatic rings. The third-order valence-corrected chi connectivity index (χ3v) is 6.81. The van der Waals surface area contributed by atoms with Crippen LogP contribution < -0.4 is 0 Å².